The Morgan fingerprint density at radius 3 is 2.15 bits per heavy atom. The number of imide groups is 1. The summed E-state index contributed by atoms with van der Waals surface area (Å²) in [5, 5.41) is 14.6. The van der Waals surface area contributed by atoms with Crippen molar-refractivity contribution in [3.63, 3.8) is 0 Å². The standard InChI is InChI=1S/C25H20ClN3O4/c1-14-5-9-20(12-16(14)3)28-24(30)22(17-6-10-19(11-7-17)29(32)33)23(25(28)31)27-21-13-18(26)8-4-15(21)2/h4-13,27H,1-3H3. The summed E-state index contributed by atoms with van der Waals surface area (Å²) in [6.45, 7) is 5.71. The Balaban J connectivity index is 1.85. The molecule has 3 aromatic carbocycles. The topological polar surface area (TPSA) is 92.6 Å². The Morgan fingerprint density at radius 2 is 1.52 bits per heavy atom. The fourth-order valence-electron chi connectivity index (χ4n) is 3.63. The Bertz CT molecular complexity index is 1350. The highest BCUT2D eigenvalue weighted by Crippen LogP contribution is 2.35. The third kappa shape index (κ3) is 4.10. The summed E-state index contributed by atoms with van der Waals surface area (Å²) >= 11 is 6.14. The lowest BCUT2D eigenvalue weighted by Crippen LogP contribution is -2.32. The number of carbonyl (C=O) groups excluding carboxylic acids is 2. The van der Waals surface area contributed by atoms with E-state index in [2.05, 4.69) is 5.32 Å². The van der Waals surface area contributed by atoms with E-state index in [0.717, 1.165) is 21.6 Å². The van der Waals surface area contributed by atoms with Crippen LogP contribution < -0.4 is 10.2 Å². The van der Waals surface area contributed by atoms with Crippen LogP contribution in [0.1, 0.15) is 22.3 Å². The fraction of sp³-hybridized carbons (Fsp3) is 0.120. The molecule has 0 aromatic heterocycles. The van der Waals surface area contributed by atoms with Gasteiger partial charge in [-0.05, 0) is 79.4 Å². The molecule has 0 spiro atoms. The summed E-state index contributed by atoms with van der Waals surface area (Å²) in [5.41, 5.74) is 4.35. The minimum absolute atomic E-state index is 0.0810. The maximum Gasteiger partial charge on any atom is 0.282 e. The lowest BCUT2D eigenvalue weighted by Gasteiger charge is -2.17. The molecule has 4 rings (SSSR count). The molecule has 1 heterocycles. The molecule has 8 heteroatoms. The molecule has 3 aromatic rings. The van der Waals surface area contributed by atoms with Gasteiger partial charge >= 0.3 is 0 Å². The maximum absolute atomic E-state index is 13.5. The summed E-state index contributed by atoms with van der Waals surface area (Å²) in [6, 6.07) is 16.1. The van der Waals surface area contributed by atoms with E-state index in [4.69, 9.17) is 11.6 Å². The van der Waals surface area contributed by atoms with E-state index < -0.39 is 16.7 Å². The molecule has 33 heavy (non-hydrogen) atoms. The number of rotatable bonds is 5. The van der Waals surface area contributed by atoms with E-state index in [1.54, 1.807) is 30.3 Å². The average molecular weight is 462 g/mol. The zero-order chi connectivity index (χ0) is 23.9. The van der Waals surface area contributed by atoms with Crippen molar-refractivity contribution in [2.75, 3.05) is 10.2 Å². The molecule has 0 radical (unpaired) electrons. The van der Waals surface area contributed by atoms with Crippen LogP contribution >= 0.6 is 11.6 Å². The number of aryl methyl sites for hydroxylation is 3. The van der Waals surface area contributed by atoms with E-state index in [0.29, 0.717) is 22.0 Å². The van der Waals surface area contributed by atoms with Crippen molar-refractivity contribution in [1.29, 1.82) is 0 Å². The van der Waals surface area contributed by atoms with Crippen LogP contribution in [-0.4, -0.2) is 16.7 Å². The Kier molecular flexibility index (Phi) is 5.74. The highest BCUT2D eigenvalue weighted by Gasteiger charge is 2.40. The van der Waals surface area contributed by atoms with Gasteiger partial charge < -0.3 is 5.32 Å². The monoisotopic (exact) mass is 461 g/mol. The van der Waals surface area contributed by atoms with Gasteiger partial charge in [0.05, 0.1) is 16.2 Å². The van der Waals surface area contributed by atoms with Gasteiger partial charge in [-0.25, -0.2) is 4.90 Å². The molecular formula is C25H20ClN3O4. The minimum Gasteiger partial charge on any atom is -0.350 e. The Hall–Kier alpha value is -3.97. The number of benzene rings is 3. The fourth-order valence-corrected chi connectivity index (χ4v) is 3.80. The van der Waals surface area contributed by atoms with Gasteiger partial charge in [0.2, 0.25) is 0 Å². The number of hydrogen-bond donors (Lipinski definition) is 1. The van der Waals surface area contributed by atoms with Gasteiger partial charge in [-0.2, -0.15) is 0 Å². The zero-order valence-electron chi connectivity index (χ0n) is 18.2. The molecule has 0 saturated carbocycles. The van der Waals surface area contributed by atoms with E-state index in [-0.39, 0.29) is 17.0 Å². The molecule has 0 aliphatic carbocycles. The van der Waals surface area contributed by atoms with Crippen LogP contribution in [-0.2, 0) is 9.59 Å². The van der Waals surface area contributed by atoms with Crippen LogP contribution in [0.2, 0.25) is 5.02 Å². The Labute approximate surface area is 195 Å². The number of amides is 2. The Morgan fingerprint density at radius 1 is 0.848 bits per heavy atom. The average Bonchev–Trinajstić information content (AvgIpc) is 3.02. The number of nitro benzene ring substituents is 1. The normalized spacial score (nSPS) is 13.6. The van der Waals surface area contributed by atoms with Gasteiger partial charge in [-0.1, -0.05) is 23.7 Å². The number of halogens is 1. The third-order valence-electron chi connectivity index (χ3n) is 5.66. The van der Waals surface area contributed by atoms with Gasteiger partial charge in [-0.15, -0.1) is 0 Å². The summed E-state index contributed by atoms with van der Waals surface area (Å²) in [7, 11) is 0. The van der Waals surface area contributed by atoms with E-state index >= 15 is 0 Å². The minimum atomic E-state index is -0.518. The number of non-ortho nitro benzene ring substituents is 1. The van der Waals surface area contributed by atoms with Gasteiger partial charge in [0, 0.05) is 22.8 Å². The first-order chi connectivity index (χ1) is 15.7. The first-order valence-corrected chi connectivity index (χ1v) is 10.5. The molecule has 166 valence electrons. The first-order valence-electron chi connectivity index (χ1n) is 10.2. The van der Waals surface area contributed by atoms with Crippen molar-refractivity contribution in [3.05, 3.63) is 104 Å². The molecule has 1 N–H and O–H groups in total. The SMILES string of the molecule is Cc1ccc(N2C(=O)C(Nc3cc(Cl)ccc3C)=C(c3ccc([N+](=O)[O-])cc3)C2=O)cc1C. The number of nitro groups is 1. The largest absolute Gasteiger partial charge is 0.350 e. The quantitative estimate of drug-likeness (QED) is 0.304. The number of anilines is 2. The number of carbonyl (C=O) groups is 2. The van der Waals surface area contributed by atoms with Gasteiger partial charge in [0.15, 0.2) is 0 Å². The van der Waals surface area contributed by atoms with Crippen molar-refractivity contribution in [2.24, 2.45) is 0 Å². The van der Waals surface area contributed by atoms with Gasteiger partial charge in [-0.3, -0.25) is 19.7 Å². The van der Waals surface area contributed by atoms with E-state index in [1.165, 1.54) is 24.3 Å². The molecule has 7 nitrogen and oxygen atoms in total. The summed E-state index contributed by atoms with van der Waals surface area (Å²) in [5.74, 6) is -1.03. The maximum atomic E-state index is 13.5. The molecule has 1 aliphatic heterocycles. The van der Waals surface area contributed by atoms with Crippen molar-refractivity contribution >= 4 is 46.1 Å². The molecule has 0 bridgehead atoms. The van der Waals surface area contributed by atoms with Crippen LogP contribution in [0, 0.1) is 30.9 Å². The van der Waals surface area contributed by atoms with Crippen LogP contribution in [0.15, 0.2) is 66.4 Å². The second kappa shape index (κ2) is 8.52. The van der Waals surface area contributed by atoms with Crippen LogP contribution in [0.4, 0.5) is 17.1 Å². The van der Waals surface area contributed by atoms with Crippen molar-refractivity contribution in [3.8, 4) is 0 Å². The van der Waals surface area contributed by atoms with Crippen LogP contribution in [0.3, 0.4) is 0 Å². The van der Waals surface area contributed by atoms with E-state index in [1.807, 2.05) is 26.8 Å². The summed E-state index contributed by atoms with van der Waals surface area (Å²) in [4.78, 5) is 38.7. The predicted octanol–water partition coefficient (Wildman–Crippen LogP) is 5.57. The van der Waals surface area contributed by atoms with Crippen LogP contribution in [0.25, 0.3) is 5.57 Å². The highest BCUT2D eigenvalue weighted by molar-refractivity contribution is 6.46. The molecule has 0 fully saturated rings. The summed E-state index contributed by atoms with van der Waals surface area (Å²) < 4.78 is 0. The predicted molar refractivity (Wildman–Crippen MR) is 128 cm³/mol. The molecule has 2 amide bonds. The number of nitrogens with zero attached hydrogens (tertiary/aromatic N) is 2. The van der Waals surface area contributed by atoms with Crippen molar-refractivity contribution in [2.45, 2.75) is 20.8 Å². The van der Waals surface area contributed by atoms with Crippen LogP contribution in [0.5, 0.6) is 0 Å². The highest BCUT2D eigenvalue weighted by atomic mass is 35.5. The lowest BCUT2D eigenvalue weighted by molar-refractivity contribution is -0.384. The molecule has 0 unspecified atom stereocenters. The summed E-state index contributed by atoms with van der Waals surface area (Å²) in [6.07, 6.45) is 0. The third-order valence-corrected chi connectivity index (χ3v) is 5.89. The molecular weight excluding hydrogens is 442 g/mol. The first kappa shape index (κ1) is 22.2. The molecule has 0 atom stereocenters. The smallest absolute Gasteiger partial charge is 0.282 e. The van der Waals surface area contributed by atoms with E-state index in [9.17, 15) is 19.7 Å². The van der Waals surface area contributed by atoms with Gasteiger partial charge in [0.25, 0.3) is 17.5 Å². The van der Waals surface area contributed by atoms with Crippen molar-refractivity contribution < 1.29 is 14.5 Å². The number of nitrogens with one attached hydrogen (secondary N) is 1. The number of hydrogen-bond acceptors (Lipinski definition) is 5. The van der Waals surface area contributed by atoms with Crippen molar-refractivity contribution in [1.82, 2.24) is 0 Å². The second-order valence-electron chi connectivity index (χ2n) is 7.85. The van der Waals surface area contributed by atoms with Gasteiger partial charge in [0.1, 0.15) is 5.70 Å². The molecule has 0 saturated heterocycles. The molecule has 1 aliphatic rings. The lowest BCUT2D eigenvalue weighted by atomic mass is 10.0. The zero-order valence-corrected chi connectivity index (χ0v) is 18.9. The second-order valence-corrected chi connectivity index (χ2v) is 8.29.